The molecule has 5 heterocycles. The summed E-state index contributed by atoms with van der Waals surface area (Å²) in [6, 6.07) is 2.63. The molecule has 2 aromatic rings. The number of rotatable bonds is 5. The van der Waals surface area contributed by atoms with Crippen LogP contribution in [0.15, 0.2) is 35.9 Å². The standard InChI is InChI=1S/C25H36N6O2/c1-17-13-21(15-26-25(17)32-4)31-23-8-12-33-11-7-22(23)24(28-31)20-14-27-30(16-20)18(2)19-5-9-29(3)10-6-19/h13-16,18-19,24,28H,5-12H2,1-4H3. The van der Waals surface area contributed by atoms with Crippen molar-refractivity contribution in [1.82, 2.24) is 25.1 Å². The van der Waals surface area contributed by atoms with E-state index in [0.717, 1.165) is 37.3 Å². The summed E-state index contributed by atoms with van der Waals surface area (Å²) in [5.74, 6) is 1.34. The number of piperidine rings is 1. The molecule has 1 N–H and O–H groups in total. The van der Waals surface area contributed by atoms with Gasteiger partial charge in [-0.25, -0.2) is 10.4 Å². The summed E-state index contributed by atoms with van der Waals surface area (Å²) >= 11 is 0. The minimum absolute atomic E-state index is 0.0996. The van der Waals surface area contributed by atoms with Crippen molar-refractivity contribution in [1.29, 1.82) is 0 Å². The predicted molar refractivity (Wildman–Crippen MR) is 128 cm³/mol. The molecule has 0 saturated carbocycles. The van der Waals surface area contributed by atoms with Gasteiger partial charge in [-0.2, -0.15) is 5.10 Å². The lowest BCUT2D eigenvalue weighted by atomic mass is 9.90. The van der Waals surface area contributed by atoms with Crippen LogP contribution in [0, 0.1) is 12.8 Å². The molecule has 3 aliphatic heterocycles. The molecule has 178 valence electrons. The third-order valence-electron chi connectivity index (χ3n) is 7.53. The van der Waals surface area contributed by atoms with Gasteiger partial charge in [-0.05, 0) is 70.8 Å². The average Bonchev–Trinajstić information content (AvgIpc) is 3.37. The molecule has 1 fully saturated rings. The van der Waals surface area contributed by atoms with Crippen molar-refractivity contribution in [3.63, 3.8) is 0 Å². The van der Waals surface area contributed by atoms with Crippen molar-refractivity contribution in [2.45, 2.75) is 51.6 Å². The number of nitrogens with one attached hydrogen (secondary N) is 1. The number of methoxy groups -OCH3 is 1. The Labute approximate surface area is 196 Å². The largest absolute Gasteiger partial charge is 0.481 e. The highest BCUT2D eigenvalue weighted by Gasteiger charge is 2.35. The number of likely N-dealkylation sites (tertiary alicyclic amines) is 1. The highest BCUT2D eigenvalue weighted by molar-refractivity contribution is 5.57. The fraction of sp³-hybridized carbons (Fsp3) is 0.600. The van der Waals surface area contributed by atoms with Crippen LogP contribution in [0.3, 0.4) is 0 Å². The second kappa shape index (κ2) is 9.44. The molecule has 2 aromatic heterocycles. The van der Waals surface area contributed by atoms with Gasteiger partial charge in [0.1, 0.15) is 0 Å². The Bertz CT molecular complexity index is 1010. The number of aryl methyl sites for hydroxylation is 1. The van der Waals surface area contributed by atoms with E-state index < -0.39 is 0 Å². The first-order valence-corrected chi connectivity index (χ1v) is 12.1. The quantitative estimate of drug-likeness (QED) is 0.743. The number of ether oxygens (including phenoxy) is 2. The molecular weight excluding hydrogens is 416 g/mol. The molecule has 0 bridgehead atoms. The molecule has 8 nitrogen and oxygen atoms in total. The maximum absolute atomic E-state index is 5.83. The van der Waals surface area contributed by atoms with E-state index in [2.05, 4.69) is 51.2 Å². The zero-order chi connectivity index (χ0) is 22.9. The van der Waals surface area contributed by atoms with Crippen LogP contribution in [0.4, 0.5) is 5.69 Å². The summed E-state index contributed by atoms with van der Waals surface area (Å²) in [5, 5.41) is 7.01. The minimum Gasteiger partial charge on any atom is -0.481 e. The molecule has 8 heteroatoms. The van der Waals surface area contributed by atoms with Crippen LogP contribution in [0.2, 0.25) is 0 Å². The van der Waals surface area contributed by atoms with Crippen LogP contribution >= 0.6 is 0 Å². The molecule has 0 amide bonds. The van der Waals surface area contributed by atoms with Crippen molar-refractivity contribution in [3.8, 4) is 5.88 Å². The van der Waals surface area contributed by atoms with Gasteiger partial charge in [-0.1, -0.05) is 0 Å². The summed E-state index contributed by atoms with van der Waals surface area (Å²) in [5.41, 5.74) is 9.70. The third-order valence-corrected chi connectivity index (χ3v) is 7.53. The fourth-order valence-electron chi connectivity index (χ4n) is 5.45. The van der Waals surface area contributed by atoms with Gasteiger partial charge < -0.3 is 14.4 Å². The van der Waals surface area contributed by atoms with E-state index in [4.69, 9.17) is 14.6 Å². The number of pyridine rings is 1. The second-order valence-corrected chi connectivity index (χ2v) is 9.64. The Morgan fingerprint density at radius 1 is 1.18 bits per heavy atom. The van der Waals surface area contributed by atoms with Gasteiger partial charge >= 0.3 is 0 Å². The lowest BCUT2D eigenvalue weighted by Crippen LogP contribution is -2.34. The van der Waals surface area contributed by atoms with Crippen LogP contribution in [0.25, 0.3) is 0 Å². The Hall–Kier alpha value is -2.42. The van der Waals surface area contributed by atoms with Gasteiger partial charge in [0.25, 0.3) is 0 Å². The van der Waals surface area contributed by atoms with Crippen LogP contribution in [0.5, 0.6) is 5.88 Å². The number of anilines is 1. The topological polar surface area (TPSA) is 67.7 Å². The van der Waals surface area contributed by atoms with E-state index in [1.807, 2.05) is 19.3 Å². The molecule has 0 aliphatic carbocycles. The SMILES string of the molecule is COc1ncc(N2NC(c3cnn(C(C)C4CCN(C)CC4)c3)C3=C2CCOCC3)cc1C. The summed E-state index contributed by atoms with van der Waals surface area (Å²) in [6.07, 6.45) is 10.4. The molecule has 2 unspecified atom stereocenters. The molecule has 3 aliphatic rings. The van der Waals surface area contributed by atoms with E-state index in [1.165, 1.54) is 42.8 Å². The summed E-state index contributed by atoms with van der Waals surface area (Å²) < 4.78 is 13.4. The number of hydrogen-bond acceptors (Lipinski definition) is 7. The third kappa shape index (κ3) is 4.39. The molecule has 0 aromatic carbocycles. The molecule has 1 saturated heterocycles. The number of hydrogen-bond donors (Lipinski definition) is 1. The van der Waals surface area contributed by atoms with E-state index in [9.17, 15) is 0 Å². The highest BCUT2D eigenvalue weighted by atomic mass is 16.5. The second-order valence-electron chi connectivity index (χ2n) is 9.64. The molecule has 0 spiro atoms. The normalized spacial score (nSPS) is 23.5. The molecule has 33 heavy (non-hydrogen) atoms. The van der Waals surface area contributed by atoms with E-state index >= 15 is 0 Å². The fourth-order valence-corrected chi connectivity index (χ4v) is 5.45. The lowest BCUT2D eigenvalue weighted by Gasteiger charge is -2.32. The zero-order valence-corrected chi connectivity index (χ0v) is 20.3. The minimum atomic E-state index is 0.0996. The summed E-state index contributed by atoms with van der Waals surface area (Å²) in [6.45, 7) is 8.19. The van der Waals surface area contributed by atoms with Gasteiger partial charge in [0, 0.05) is 29.4 Å². The Morgan fingerprint density at radius 3 is 2.73 bits per heavy atom. The molecule has 2 atom stereocenters. The molecular formula is C25H36N6O2. The average molecular weight is 453 g/mol. The maximum Gasteiger partial charge on any atom is 0.216 e. The maximum atomic E-state index is 5.83. The lowest BCUT2D eigenvalue weighted by molar-refractivity contribution is 0.144. The first-order valence-electron chi connectivity index (χ1n) is 12.1. The van der Waals surface area contributed by atoms with E-state index in [-0.39, 0.29) is 6.04 Å². The van der Waals surface area contributed by atoms with Crippen LogP contribution in [-0.4, -0.2) is 60.1 Å². The van der Waals surface area contributed by atoms with Crippen molar-refractivity contribution in [2.75, 3.05) is 45.5 Å². The molecule has 5 rings (SSSR count). The van der Waals surface area contributed by atoms with Gasteiger partial charge in [0.05, 0.1) is 50.5 Å². The van der Waals surface area contributed by atoms with Crippen molar-refractivity contribution in [3.05, 3.63) is 47.1 Å². The number of nitrogens with zero attached hydrogens (tertiary/aromatic N) is 5. The Morgan fingerprint density at radius 2 is 1.97 bits per heavy atom. The number of aromatic nitrogens is 3. The predicted octanol–water partition coefficient (Wildman–Crippen LogP) is 3.63. The number of hydrazine groups is 1. The zero-order valence-electron chi connectivity index (χ0n) is 20.3. The van der Waals surface area contributed by atoms with Crippen LogP contribution in [0.1, 0.15) is 55.8 Å². The molecule has 0 radical (unpaired) electrons. The first-order chi connectivity index (χ1) is 16.0. The van der Waals surface area contributed by atoms with E-state index in [0.29, 0.717) is 17.8 Å². The summed E-state index contributed by atoms with van der Waals surface area (Å²) in [4.78, 5) is 6.93. The Kier molecular flexibility index (Phi) is 6.40. The highest BCUT2D eigenvalue weighted by Crippen LogP contribution is 2.40. The van der Waals surface area contributed by atoms with Crippen molar-refractivity contribution < 1.29 is 9.47 Å². The van der Waals surface area contributed by atoms with Gasteiger partial charge in [-0.15, -0.1) is 0 Å². The van der Waals surface area contributed by atoms with Crippen LogP contribution < -0.4 is 15.2 Å². The van der Waals surface area contributed by atoms with Gasteiger partial charge in [0.2, 0.25) is 5.88 Å². The van der Waals surface area contributed by atoms with Crippen molar-refractivity contribution in [2.24, 2.45) is 5.92 Å². The summed E-state index contributed by atoms with van der Waals surface area (Å²) in [7, 11) is 3.87. The Balaban J connectivity index is 1.40. The first kappa shape index (κ1) is 22.4. The monoisotopic (exact) mass is 452 g/mol. The van der Waals surface area contributed by atoms with E-state index in [1.54, 1.807) is 7.11 Å². The van der Waals surface area contributed by atoms with Gasteiger partial charge in [0.15, 0.2) is 0 Å². The smallest absolute Gasteiger partial charge is 0.216 e. The van der Waals surface area contributed by atoms with Gasteiger partial charge in [-0.3, -0.25) is 9.69 Å². The van der Waals surface area contributed by atoms with Crippen LogP contribution in [-0.2, 0) is 4.74 Å². The van der Waals surface area contributed by atoms with Crippen molar-refractivity contribution >= 4 is 5.69 Å².